The zero-order valence-electron chi connectivity index (χ0n) is 13.3. The lowest BCUT2D eigenvalue weighted by Gasteiger charge is -2.10. The predicted octanol–water partition coefficient (Wildman–Crippen LogP) is 3.47. The highest BCUT2D eigenvalue weighted by molar-refractivity contribution is 5.91. The first kappa shape index (κ1) is 15.9. The van der Waals surface area contributed by atoms with Gasteiger partial charge in [0.05, 0.1) is 12.8 Å². The minimum absolute atomic E-state index is 0.00286. The van der Waals surface area contributed by atoms with Gasteiger partial charge in [-0.25, -0.2) is 0 Å². The molecule has 0 aliphatic heterocycles. The van der Waals surface area contributed by atoms with Crippen molar-refractivity contribution in [3.05, 3.63) is 53.1 Å². The van der Waals surface area contributed by atoms with E-state index < -0.39 is 0 Å². The van der Waals surface area contributed by atoms with Gasteiger partial charge >= 0.3 is 0 Å². The number of nitrogens with one attached hydrogen (secondary N) is 1. The molecule has 1 amide bonds. The zero-order valence-corrected chi connectivity index (χ0v) is 13.3. The Morgan fingerprint density at radius 3 is 2.64 bits per heavy atom. The molecule has 0 bridgehead atoms. The van der Waals surface area contributed by atoms with Gasteiger partial charge in [-0.15, -0.1) is 0 Å². The number of carbonyl (C=O) groups is 1. The summed E-state index contributed by atoms with van der Waals surface area (Å²) in [6.07, 6.45) is 1.06. The van der Waals surface area contributed by atoms with Crippen LogP contribution in [0.2, 0.25) is 0 Å². The predicted molar refractivity (Wildman–Crippen MR) is 90.3 cm³/mol. The van der Waals surface area contributed by atoms with Crippen LogP contribution in [-0.4, -0.2) is 13.0 Å². The molecule has 0 spiro atoms. The molecule has 0 atom stereocenters. The standard InChI is InChI=1S/C18H22N2O2/c1-12-4-5-13(2)16(10-12)20-18(21)9-7-14-6-8-17(22-3)15(19)11-14/h4-6,8,10-11H,7,9,19H2,1-3H3,(H,20,21). The Labute approximate surface area is 131 Å². The van der Waals surface area contributed by atoms with Gasteiger partial charge in [-0.05, 0) is 55.2 Å². The maximum absolute atomic E-state index is 12.1. The number of anilines is 2. The van der Waals surface area contributed by atoms with Crippen molar-refractivity contribution in [3.8, 4) is 5.75 Å². The summed E-state index contributed by atoms with van der Waals surface area (Å²) in [6.45, 7) is 3.99. The molecule has 0 radical (unpaired) electrons. The molecular weight excluding hydrogens is 276 g/mol. The van der Waals surface area contributed by atoms with Crippen molar-refractivity contribution in [3.63, 3.8) is 0 Å². The van der Waals surface area contributed by atoms with Gasteiger partial charge in [0.15, 0.2) is 0 Å². The van der Waals surface area contributed by atoms with Crippen LogP contribution in [0, 0.1) is 13.8 Å². The lowest BCUT2D eigenvalue weighted by Crippen LogP contribution is -2.13. The van der Waals surface area contributed by atoms with Gasteiger partial charge in [-0.2, -0.15) is 0 Å². The lowest BCUT2D eigenvalue weighted by molar-refractivity contribution is -0.116. The second kappa shape index (κ2) is 6.98. The molecule has 0 fully saturated rings. The van der Waals surface area contributed by atoms with Gasteiger partial charge in [-0.1, -0.05) is 18.2 Å². The second-order valence-electron chi connectivity index (χ2n) is 5.44. The van der Waals surface area contributed by atoms with E-state index >= 15 is 0 Å². The molecule has 2 rings (SSSR count). The van der Waals surface area contributed by atoms with E-state index in [0.29, 0.717) is 24.3 Å². The SMILES string of the molecule is COc1ccc(CCC(=O)Nc2cc(C)ccc2C)cc1N. The summed E-state index contributed by atoms with van der Waals surface area (Å²) in [5, 5.41) is 2.96. The molecule has 3 N–H and O–H groups in total. The number of aryl methyl sites for hydroxylation is 3. The fraction of sp³-hybridized carbons (Fsp3) is 0.278. The first-order valence-corrected chi connectivity index (χ1v) is 7.29. The number of benzene rings is 2. The number of nitrogens with two attached hydrogens (primary N) is 1. The maximum atomic E-state index is 12.1. The van der Waals surface area contributed by atoms with Crippen molar-refractivity contribution in [2.75, 3.05) is 18.2 Å². The van der Waals surface area contributed by atoms with Crippen LogP contribution in [0.4, 0.5) is 11.4 Å². The molecule has 0 saturated heterocycles. The van der Waals surface area contributed by atoms with E-state index in [-0.39, 0.29) is 5.91 Å². The van der Waals surface area contributed by atoms with Crippen LogP contribution in [-0.2, 0) is 11.2 Å². The quantitative estimate of drug-likeness (QED) is 0.831. The summed E-state index contributed by atoms with van der Waals surface area (Å²) < 4.78 is 5.12. The molecule has 0 aliphatic rings. The molecule has 116 valence electrons. The van der Waals surface area contributed by atoms with Crippen molar-refractivity contribution < 1.29 is 9.53 Å². The number of amides is 1. The minimum Gasteiger partial charge on any atom is -0.495 e. The second-order valence-corrected chi connectivity index (χ2v) is 5.44. The Kier molecular flexibility index (Phi) is 5.04. The van der Waals surface area contributed by atoms with E-state index in [4.69, 9.17) is 10.5 Å². The van der Waals surface area contributed by atoms with Crippen LogP contribution in [0.1, 0.15) is 23.1 Å². The molecule has 22 heavy (non-hydrogen) atoms. The Balaban J connectivity index is 1.95. The normalized spacial score (nSPS) is 10.3. The number of nitrogen functional groups attached to an aromatic ring is 1. The van der Waals surface area contributed by atoms with E-state index in [1.54, 1.807) is 7.11 Å². The highest BCUT2D eigenvalue weighted by atomic mass is 16.5. The molecule has 0 aliphatic carbocycles. The number of hydrogen-bond acceptors (Lipinski definition) is 3. The number of ether oxygens (including phenoxy) is 1. The third kappa shape index (κ3) is 4.01. The summed E-state index contributed by atoms with van der Waals surface area (Å²) in [4.78, 5) is 12.1. The number of methoxy groups -OCH3 is 1. The highest BCUT2D eigenvalue weighted by Crippen LogP contribution is 2.23. The van der Waals surface area contributed by atoms with Crippen molar-refractivity contribution >= 4 is 17.3 Å². The minimum atomic E-state index is 0.00286. The van der Waals surface area contributed by atoms with Gasteiger partial charge in [-0.3, -0.25) is 4.79 Å². The van der Waals surface area contributed by atoms with Gasteiger partial charge < -0.3 is 15.8 Å². The monoisotopic (exact) mass is 298 g/mol. The van der Waals surface area contributed by atoms with Crippen LogP contribution >= 0.6 is 0 Å². The summed E-state index contributed by atoms with van der Waals surface area (Å²) in [6, 6.07) is 11.6. The molecule has 2 aromatic carbocycles. The van der Waals surface area contributed by atoms with E-state index in [0.717, 1.165) is 22.4 Å². The fourth-order valence-electron chi connectivity index (χ4n) is 2.28. The first-order chi connectivity index (χ1) is 10.5. The average molecular weight is 298 g/mol. The molecule has 4 heteroatoms. The Morgan fingerprint density at radius 1 is 1.18 bits per heavy atom. The lowest BCUT2D eigenvalue weighted by atomic mass is 10.1. The molecule has 2 aromatic rings. The molecular formula is C18H22N2O2. The maximum Gasteiger partial charge on any atom is 0.224 e. The van der Waals surface area contributed by atoms with E-state index in [9.17, 15) is 4.79 Å². The number of rotatable bonds is 5. The van der Waals surface area contributed by atoms with Crippen molar-refractivity contribution in [2.24, 2.45) is 0 Å². The molecule has 0 unspecified atom stereocenters. The Morgan fingerprint density at radius 2 is 1.95 bits per heavy atom. The number of hydrogen-bond donors (Lipinski definition) is 2. The van der Waals surface area contributed by atoms with Crippen LogP contribution < -0.4 is 15.8 Å². The van der Waals surface area contributed by atoms with E-state index in [1.165, 1.54) is 0 Å². The number of carbonyl (C=O) groups excluding carboxylic acids is 1. The van der Waals surface area contributed by atoms with Crippen LogP contribution in [0.15, 0.2) is 36.4 Å². The topological polar surface area (TPSA) is 64.3 Å². The largest absolute Gasteiger partial charge is 0.495 e. The van der Waals surface area contributed by atoms with Crippen molar-refractivity contribution in [1.82, 2.24) is 0 Å². The molecule has 4 nitrogen and oxygen atoms in total. The summed E-state index contributed by atoms with van der Waals surface area (Å²) >= 11 is 0. The zero-order chi connectivity index (χ0) is 16.1. The smallest absolute Gasteiger partial charge is 0.224 e. The molecule has 0 heterocycles. The fourth-order valence-corrected chi connectivity index (χ4v) is 2.28. The van der Waals surface area contributed by atoms with Gasteiger partial charge in [0, 0.05) is 12.1 Å². The Hall–Kier alpha value is -2.49. The average Bonchev–Trinajstić information content (AvgIpc) is 2.49. The molecule has 0 aromatic heterocycles. The van der Waals surface area contributed by atoms with Gasteiger partial charge in [0.1, 0.15) is 5.75 Å². The van der Waals surface area contributed by atoms with E-state index in [2.05, 4.69) is 5.32 Å². The van der Waals surface area contributed by atoms with Crippen LogP contribution in [0.25, 0.3) is 0 Å². The van der Waals surface area contributed by atoms with E-state index in [1.807, 2.05) is 50.2 Å². The van der Waals surface area contributed by atoms with Gasteiger partial charge in [0.25, 0.3) is 0 Å². The summed E-state index contributed by atoms with van der Waals surface area (Å²) in [5.74, 6) is 0.659. The Bertz CT molecular complexity index is 681. The summed E-state index contributed by atoms with van der Waals surface area (Å²) in [7, 11) is 1.59. The first-order valence-electron chi connectivity index (χ1n) is 7.29. The third-order valence-corrected chi connectivity index (χ3v) is 3.60. The summed E-state index contributed by atoms with van der Waals surface area (Å²) in [5.41, 5.74) is 10.6. The van der Waals surface area contributed by atoms with Crippen LogP contribution in [0.3, 0.4) is 0 Å². The van der Waals surface area contributed by atoms with Crippen LogP contribution in [0.5, 0.6) is 5.75 Å². The molecule has 0 saturated carbocycles. The van der Waals surface area contributed by atoms with Crippen molar-refractivity contribution in [1.29, 1.82) is 0 Å². The third-order valence-electron chi connectivity index (χ3n) is 3.60. The highest BCUT2D eigenvalue weighted by Gasteiger charge is 2.07. The van der Waals surface area contributed by atoms with Crippen molar-refractivity contribution in [2.45, 2.75) is 26.7 Å². The van der Waals surface area contributed by atoms with Gasteiger partial charge in [0.2, 0.25) is 5.91 Å².